The molecule has 138 valence electrons. The van der Waals surface area contributed by atoms with E-state index in [1.54, 1.807) is 22.8 Å². The Balaban J connectivity index is 1.55. The van der Waals surface area contributed by atoms with E-state index < -0.39 is 0 Å². The number of halogens is 1. The first-order chi connectivity index (χ1) is 13.0. The minimum atomic E-state index is -0.185. The summed E-state index contributed by atoms with van der Waals surface area (Å²) in [5.41, 5.74) is 2.23. The van der Waals surface area contributed by atoms with Gasteiger partial charge < -0.3 is 5.32 Å². The van der Waals surface area contributed by atoms with Gasteiger partial charge in [0.25, 0.3) is 5.56 Å². The molecule has 1 saturated carbocycles. The van der Waals surface area contributed by atoms with Crippen LogP contribution in [-0.2, 0) is 4.79 Å². The lowest BCUT2D eigenvalue weighted by atomic mass is 10.2. The molecule has 0 unspecified atom stereocenters. The normalized spacial score (nSPS) is 13.7. The number of rotatable bonds is 5. The number of nitrogens with zero attached hydrogens (tertiary/aromatic N) is 2. The number of nitrogens with one attached hydrogen (secondary N) is 1. The molecular weight excluding hydrogens is 382 g/mol. The molecule has 0 bridgehead atoms. The minimum Gasteiger partial charge on any atom is -0.324 e. The van der Waals surface area contributed by atoms with Gasteiger partial charge in [0.05, 0.1) is 27.4 Å². The van der Waals surface area contributed by atoms with Gasteiger partial charge >= 0.3 is 0 Å². The third kappa shape index (κ3) is 3.87. The summed E-state index contributed by atoms with van der Waals surface area (Å²) in [7, 11) is 0. The summed E-state index contributed by atoms with van der Waals surface area (Å²) >= 11 is 7.45. The smallest absolute Gasteiger partial charge is 0.262 e. The quantitative estimate of drug-likeness (QED) is 0.509. The molecule has 27 heavy (non-hydrogen) atoms. The molecule has 1 heterocycles. The average molecular weight is 400 g/mol. The van der Waals surface area contributed by atoms with Gasteiger partial charge in [0.2, 0.25) is 5.91 Å². The van der Waals surface area contributed by atoms with Crippen LogP contribution in [0.2, 0.25) is 5.02 Å². The summed E-state index contributed by atoms with van der Waals surface area (Å²) in [5, 5.41) is 4.53. The predicted molar refractivity (Wildman–Crippen MR) is 110 cm³/mol. The highest BCUT2D eigenvalue weighted by Crippen LogP contribution is 2.36. The van der Waals surface area contributed by atoms with Crippen molar-refractivity contribution in [2.45, 2.75) is 31.0 Å². The molecule has 1 N–H and O–H groups in total. The van der Waals surface area contributed by atoms with Crippen LogP contribution in [0.25, 0.3) is 10.9 Å². The molecule has 1 aliphatic carbocycles. The van der Waals surface area contributed by atoms with Crippen LogP contribution in [-0.4, -0.2) is 21.2 Å². The Morgan fingerprint density at radius 3 is 2.81 bits per heavy atom. The minimum absolute atomic E-state index is 0.0346. The highest BCUT2D eigenvalue weighted by molar-refractivity contribution is 7.99. The van der Waals surface area contributed by atoms with E-state index >= 15 is 0 Å². The number of anilines is 1. The molecular formula is C20H18ClN3O2S. The summed E-state index contributed by atoms with van der Waals surface area (Å²) < 4.78 is 1.74. The molecule has 1 amide bonds. The average Bonchev–Trinajstić information content (AvgIpc) is 3.47. The Morgan fingerprint density at radius 2 is 2.07 bits per heavy atom. The molecule has 5 nitrogen and oxygen atoms in total. The van der Waals surface area contributed by atoms with E-state index in [1.165, 1.54) is 11.8 Å². The number of hydrogen-bond donors (Lipinski definition) is 1. The van der Waals surface area contributed by atoms with Crippen LogP contribution < -0.4 is 10.9 Å². The summed E-state index contributed by atoms with van der Waals surface area (Å²) in [6.45, 7) is 1.94. The van der Waals surface area contributed by atoms with Gasteiger partial charge in [-0.3, -0.25) is 14.2 Å². The topological polar surface area (TPSA) is 64.0 Å². The molecule has 4 rings (SSSR count). The molecule has 3 aromatic rings. The van der Waals surface area contributed by atoms with Crippen molar-refractivity contribution in [2.75, 3.05) is 11.1 Å². The van der Waals surface area contributed by atoms with Crippen molar-refractivity contribution >= 4 is 45.9 Å². The number of para-hydroxylation sites is 1. The molecule has 0 spiro atoms. The van der Waals surface area contributed by atoms with Crippen molar-refractivity contribution < 1.29 is 4.79 Å². The lowest BCUT2D eigenvalue weighted by Gasteiger charge is -2.12. The molecule has 1 aliphatic rings. The lowest BCUT2D eigenvalue weighted by Crippen LogP contribution is -2.23. The number of carbonyl (C=O) groups excluding carboxylic acids is 1. The van der Waals surface area contributed by atoms with Crippen molar-refractivity contribution in [2.24, 2.45) is 0 Å². The molecule has 1 aromatic heterocycles. The SMILES string of the molecule is Cc1ccc(NC(=O)CSc2nc3ccccc3c(=O)n2C2CC2)c(Cl)c1. The monoisotopic (exact) mass is 399 g/mol. The second-order valence-corrected chi connectivity index (χ2v) is 7.99. The Hall–Kier alpha value is -2.31. The van der Waals surface area contributed by atoms with E-state index in [-0.39, 0.29) is 23.3 Å². The lowest BCUT2D eigenvalue weighted by molar-refractivity contribution is -0.113. The first-order valence-electron chi connectivity index (χ1n) is 8.73. The summed E-state index contributed by atoms with van der Waals surface area (Å²) in [6, 6.07) is 13.0. The van der Waals surface area contributed by atoms with E-state index in [0.717, 1.165) is 18.4 Å². The Kier molecular flexibility index (Phi) is 4.93. The maximum atomic E-state index is 12.8. The predicted octanol–water partition coefficient (Wildman–Crippen LogP) is 4.42. The number of aromatic nitrogens is 2. The molecule has 0 radical (unpaired) electrons. The highest BCUT2D eigenvalue weighted by atomic mass is 35.5. The second-order valence-electron chi connectivity index (χ2n) is 6.64. The fourth-order valence-electron chi connectivity index (χ4n) is 2.92. The van der Waals surface area contributed by atoms with E-state index in [1.807, 2.05) is 31.2 Å². The third-order valence-electron chi connectivity index (χ3n) is 4.42. The zero-order chi connectivity index (χ0) is 19.0. The van der Waals surface area contributed by atoms with Crippen LogP contribution >= 0.6 is 23.4 Å². The Morgan fingerprint density at radius 1 is 1.30 bits per heavy atom. The number of hydrogen-bond acceptors (Lipinski definition) is 4. The van der Waals surface area contributed by atoms with Crippen molar-refractivity contribution in [1.82, 2.24) is 9.55 Å². The van der Waals surface area contributed by atoms with Gasteiger partial charge in [-0.25, -0.2) is 4.98 Å². The fourth-order valence-corrected chi connectivity index (χ4v) is 4.07. The van der Waals surface area contributed by atoms with Crippen LogP contribution in [0.1, 0.15) is 24.4 Å². The maximum absolute atomic E-state index is 12.8. The molecule has 1 fully saturated rings. The van der Waals surface area contributed by atoms with Gasteiger partial charge in [-0.05, 0) is 49.6 Å². The molecule has 0 saturated heterocycles. The van der Waals surface area contributed by atoms with Crippen LogP contribution in [0.5, 0.6) is 0 Å². The first kappa shape index (κ1) is 18.1. The van der Waals surface area contributed by atoms with E-state index in [9.17, 15) is 9.59 Å². The first-order valence-corrected chi connectivity index (χ1v) is 10.1. The van der Waals surface area contributed by atoms with Gasteiger partial charge in [0.1, 0.15) is 0 Å². The standard InChI is InChI=1S/C20H18ClN3O2S/c1-12-6-9-17(15(21)10-12)22-18(25)11-27-20-23-16-5-3-2-4-14(16)19(26)24(20)13-7-8-13/h2-6,9-10,13H,7-8,11H2,1H3,(H,22,25). The highest BCUT2D eigenvalue weighted by Gasteiger charge is 2.28. The van der Waals surface area contributed by atoms with Crippen LogP contribution in [0, 0.1) is 6.92 Å². The van der Waals surface area contributed by atoms with Crippen LogP contribution in [0.3, 0.4) is 0 Å². The van der Waals surface area contributed by atoms with Crippen molar-refractivity contribution in [3.63, 3.8) is 0 Å². The zero-order valence-electron chi connectivity index (χ0n) is 14.7. The summed E-state index contributed by atoms with van der Waals surface area (Å²) in [6.07, 6.45) is 1.94. The Bertz CT molecular complexity index is 1090. The third-order valence-corrected chi connectivity index (χ3v) is 5.68. The van der Waals surface area contributed by atoms with Gasteiger partial charge in [-0.2, -0.15) is 0 Å². The number of aryl methyl sites for hydroxylation is 1. The largest absolute Gasteiger partial charge is 0.324 e. The fraction of sp³-hybridized carbons (Fsp3) is 0.250. The van der Waals surface area contributed by atoms with Crippen molar-refractivity contribution in [3.05, 3.63) is 63.4 Å². The van der Waals surface area contributed by atoms with E-state index in [2.05, 4.69) is 10.3 Å². The number of amides is 1. The molecule has 0 atom stereocenters. The summed E-state index contributed by atoms with van der Waals surface area (Å²) in [4.78, 5) is 29.8. The molecule has 7 heteroatoms. The second kappa shape index (κ2) is 7.37. The number of fused-ring (bicyclic) bond motifs is 1. The summed E-state index contributed by atoms with van der Waals surface area (Å²) in [5.74, 6) is -0.0302. The Labute approximate surface area is 165 Å². The zero-order valence-corrected chi connectivity index (χ0v) is 16.3. The van der Waals surface area contributed by atoms with Gasteiger partial charge in [-0.1, -0.05) is 41.6 Å². The molecule has 2 aromatic carbocycles. The van der Waals surface area contributed by atoms with Crippen LogP contribution in [0.15, 0.2) is 52.4 Å². The molecule has 0 aliphatic heterocycles. The number of thioether (sulfide) groups is 1. The van der Waals surface area contributed by atoms with E-state index in [4.69, 9.17) is 11.6 Å². The van der Waals surface area contributed by atoms with Gasteiger partial charge in [0.15, 0.2) is 5.16 Å². The van der Waals surface area contributed by atoms with E-state index in [0.29, 0.717) is 26.8 Å². The van der Waals surface area contributed by atoms with Gasteiger partial charge in [0, 0.05) is 6.04 Å². The van der Waals surface area contributed by atoms with Crippen molar-refractivity contribution in [1.29, 1.82) is 0 Å². The number of carbonyl (C=O) groups is 1. The van der Waals surface area contributed by atoms with Crippen molar-refractivity contribution in [3.8, 4) is 0 Å². The maximum Gasteiger partial charge on any atom is 0.262 e. The number of benzene rings is 2. The van der Waals surface area contributed by atoms with Crippen LogP contribution in [0.4, 0.5) is 5.69 Å². The van der Waals surface area contributed by atoms with Gasteiger partial charge in [-0.15, -0.1) is 0 Å².